The summed E-state index contributed by atoms with van der Waals surface area (Å²) in [4.78, 5) is 12.8. The number of halogens is 3. The smallest absolute Gasteiger partial charge is 0.391 e. The Balaban J connectivity index is 2.98. The lowest BCUT2D eigenvalue weighted by molar-refractivity contribution is -0.136. The van der Waals surface area contributed by atoms with E-state index in [4.69, 9.17) is 5.73 Å². The van der Waals surface area contributed by atoms with Crippen molar-refractivity contribution in [1.82, 2.24) is 0 Å². The van der Waals surface area contributed by atoms with Crippen LogP contribution >= 0.6 is 23.1 Å². The molecule has 0 amide bonds. The second kappa shape index (κ2) is 6.71. The molecule has 0 saturated carbocycles. The van der Waals surface area contributed by atoms with Crippen LogP contribution in [0.4, 0.5) is 23.9 Å². The Morgan fingerprint density at radius 3 is 2.55 bits per heavy atom. The molecule has 3 N–H and O–H groups in total. The van der Waals surface area contributed by atoms with Gasteiger partial charge in [0, 0.05) is 12.5 Å². The molecule has 20 heavy (non-hydrogen) atoms. The fraction of sp³-hybridized carbons (Fsp3) is 0.583. The molecule has 1 atom stereocenters. The zero-order chi connectivity index (χ0) is 15.5. The molecule has 0 radical (unpaired) electrons. The second-order valence-electron chi connectivity index (χ2n) is 4.35. The van der Waals surface area contributed by atoms with Gasteiger partial charge in [-0.3, -0.25) is 4.79 Å². The van der Waals surface area contributed by atoms with Crippen LogP contribution in [0.3, 0.4) is 0 Å². The highest BCUT2D eigenvalue weighted by Crippen LogP contribution is 2.42. The van der Waals surface area contributed by atoms with E-state index in [2.05, 4.69) is 5.32 Å². The molecule has 1 rings (SSSR count). The molecule has 0 spiro atoms. The van der Waals surface area contributed by atoms with E-state index in [9.17, 15) is 18.0 Å². The van der Waals surface area contributed by atoms with Gasteiger partial charge in [-0.05, 0) is 13.2 Å². The summed E-state index contributed by atoms with van der Waals surface area (Å²) >= 11 is 2.44. The Morgan fingerprint density at radius 1 is 1.50 bits per heavy atom. The average molecular weight is 326 g/mol. The van der Waals surface area contributed by atoms with E-state index < -0.39 is 18.6 Å². The third-order valence-electron chi connectivity index (χ3n) is 2.59. The maximum absolute atomic E-state index is 12.3. The van der Waals surface area contributed by atoms with Crippen molar-refractivity contribution >= 4 is 39.6 Å². The van der Waals surface area contributed by atoms with Crippen molar-refractivity contribution in [2.24, 2.45) is 0 Å². The monoisotopic (exact) mass is 326 g/mol. The van der Waals surface area contributed by atoms with E-state index in [-0.39, 0.29) is 5.78 Å². The van der Waals surface area contributed by atoms with Crippen LogP contribution in [0.25, 0.3) is 0 Å². The number of rotatable bonds is 6. The van der Waals surface area contributed by atoms with E-state index in [1.54, 1.807) is 13.2 Å². The molecule has 0 aliphatic rings. The van der Waals surface area contributed by atoms with Gasteiger partial charge in [0.25, 0.3) is 0 Å². The van der Waals surface area contributed by atoms with Crippen molar-refractivity contribution in [3.8, 4) is 0 Å². The predicted molar refractivity (Wildman–Crippen MR) is 78.9 cm³/mol. The van der Waals surface area contributed by atoms with Gasteiger partial charge >= 0.3 is 6.18 Å². The first kappa shape index (κ1) is 17.2. The number of thioether (sulfide) groups is 1. The van der Waals surface area contributed by atoms with Crippen molar-refractivity contribution in [3.63, 3.8) is 0 Å². The van der Waals surface area contributed by atoms with Gasteiger partial charge in [0.2, 0.25) is 0 Å². The molecule has 3 nitrogen and oxygen atoms in total. The third kappa shape index (κ3) is 4.31. The van der Waals surface area contributed by atoms with Crippen LogP contribution < -0.4 is 11.1 Å². The van der Waals surface area contributed by atoms with Crippen LogP contribution in [0.15, 0.2) is 4.90 Å². The van der Waals surface area contributed by atoms with E-state index in [0.29, 0.717) is 26.9 Å². The van der Waals surface area contributed by atoms with Crippen LogP contribution in [-0.2, 0) is 0 Å². The average Bonchev–Trinajstić information content (AvgIpc) is 2.62. The molecular formula is C12H17F3N2OS2. The lowest BCUT2D eigenvalue weighted by Crippen LogP contribution is -2.23. The summed E-state index contributed by atoms with van der Waals surface area (Å²) in [6.07, 6.45) is -3.07. The van der Waals surface area contributed by atoms with Crippen LogP contribution in [0.2, 0.25) is 0 Å². The highest BCUT2D eigenvalue weighted by atomic mass is 32.2. The normalized spacial score (nSPS) is 13.3. The fourth-order valence-corrected chi connectivity index (χ4v) is 3.86. The Bertz CT molecular complexity index is 486. The molecule has 0 aliphatic carbocycles. The van der Waals surface area contributed by atoms with Gasteiger partial charge in [0.05, 0.1) is 21.9 Å². The number of anilines is 2. The van der Waals surface area contributed by atoms with Crippen molar-refractivity contribution in [1.29, 1.82) is 0 Å². The summed E-state index contributed by atoms with van der Waals surface area (Å²) in [5, 5.41) is 3.33. The number of alkyl halides is 3. The van der Waals surface area contributed by atoms with Gasteiger partial charge in [-0.2, -0.15) is 13.2 Å². The first-order valence-corrected chi connectivity index (χ1v) is 8.06. The summed E-state index contributed by atoms with van der Waals surface area (Å²) in [5.41, 5.74) is 6.26. The minimum absolute atomic E-state index is 0.0978. The maximum atomic E-state index is 12.3. The number of ketones is 1. The summed E-state index contributed by atoms with van der Waals surface area (Å²) in [6.45, 7) is 3.18. The first-order valence-electron chi connectivity index (χ1n) is 6.02. The lowest BCUT2D eigenvalue weighted by Gasteiger charge is -2.16. The largest absolute Gasteiger partial charge is 0.396 e. The first-order chi connectivity index (χ1) is 9.19. The lowest BCUT2D eigenvalue weighted by atomic mass is 10.2. The van der Waals surface area contributed by atoms with Crippen molar-refractivity contribution in [2.75, 3.05) is 17.3 Å². The molecule has 1 heterocycles. The quantitative estimate of drug-likeness (QED) is 0.601. The molecule has 0 aliphatic heterocycles. The molecule has 0 bridgehead atoms. The Kier molecular flexibility index (Phi) is 5.76. The number of carbonyl (C=O) groups excluding carboxylic acids is 1. The molecule has 1 unspecified atom stereocenters. The number of thiophene rings is 1. The van der Waals surface area contributed by atoms with Gasteiger partial charge in [-0.25, -0.2) is 0 Å². The number of Topliss-reactive ketones (excluding diaryl/α,β-unsaturated/α-hetero) is 1. The molecule has 0 aromatic carbocycles. The number of nitrogens with one attached hydrogen (secondary N) is 1. The summed E-state index contributed by atoms with van der Waals surface area (Å²) in [5.74, 6) is -0.0978. The summed E-state index contributed by atoms with van der Waals surface area (Å²) in [7, 11) is 0. The van der Waals surface area contributed by atoms with Crippen molar-refractivity contribution in [2.45, 2.75) is 43.8 Å². The van der Waals surface area contributed by atoms with Crippen LogP contribution in [0.5, 0.6) is 0 Å². The van der Waals surface area contributed by atoms with Gasteiger partial charge in [0.1, 0.15) is 5.00 Å². The van der Waals surface area contributed by atoms with Crippen LogP contribution in [0.1, 0.15) is 36.4 Å². The minimum Gasteiger partial charge on any atom is -0.396 e. The Labute approximate surface area is 124 Å². The van der Waals surface area contributed by atoms with E-state index >= 15 is 0 Å². The minimum atomic E-state index is -4.23. The molecule has 8 heteroatoms. The van der Waals surface area contributed by atoms with E-state index in [1.807, 2.05) is 0 Å². The number of nitrogens with two attached hydrogens (primary N) is 1. The second-order valence-corrected chi connectivity index (χ2v) is 6.19. The molecule has 114 valence electrons. The van der Waals surface area contributed by atoms with Crippen molar-refractivity contribution < 1.29 is 18.0 Å². The number of carbonyl (C=O) groups is 1. The molecule has 0 fully saturated rings. The molecule has 1 aromatic heterocycles. The van der Waals surface area contributed by atoms with E-state index in [1.165, 1.54) is 18.7 Å². The van der Waals surface area contributed by atoms with Crippen LogP contribution in [-0.4, -0.2) is 24.3 Å². The van der Waals surface area contributed by atoms with Gasteiger partial charge < -0.3 is 11.1 Å². The van der Waals surface area contributed by atoms with Crippen LogP contribution in [0, 0.1) is 0 Å². The van der Waals surface area contributed by atoms with Gasteiger partial charge in [-0.1, -0.05) is 6.92 Å². The van der Waals surface area contributed by atoms with E-state index in [0.717, 1.165) is 11.3 Å². The molecule has 1 aromatic rings. The fourth-order valence-electron chi connectivity index (χ4n) is 1.72. The molecular weight excluding hydrogens is 309 g/mol. The zero-order valence-corrected chi connectivity index (χ0v) is 13.1. The summed E-state index contributed by atoms with van der Waals surface area (Å²) < 4.78 is 37.0. The number of nitrogen functional groups attached to an aromatic ring is 1. The SMILES string of the molecule is CCC(=O)c1sc(NC(C)CC(F)(F)F)c(SC)c1N. The highest BCUT2D eigenvalue weighted by Gasteiger charge is 2.31. The Hall–Kier alpha value is -0.890. The van der Waals surface area contributed by atoms with Gasteiger partial charge in [0.15, 0.2) is 5.78 Å². The number of hydrogen-bond acceptors (Lipinski definition) is 5. The number of hydrogen-bond donors (Lipinski definition) is 2. The highest BCUT2D eigenvalue weighted by molar-refractivity contribution is 7.99. The van der Waals surface area contributed by atoms with Gasteiger partial charge in [-0.15, -0.1) is 23.1 Å². The standard InChI is InChI=1S/C12H17F3N2OS2/c1-4-7(18)9-8(16)10(19-3)11(20-9)17-6(2)5-12(13,14)15/h6,17H,4-5,16H2,1-3H3. The third-order valence-corrected chi connectivity index (χ3v) is 4.73. The Morgan fingerprint density at radius 2 is 2.10 bits per heavy atom. The zero-order valence-electron chi connectivity index (χ0n) is 11.4. The predicted octanol–water partition coefficient (Wildman–Crippen LogP) is 4.40. The molecule has 0 saturated heterocycles. The summed E-state index contributed by atoms with van der Waals surface area (Å²) in [6, 6.07) is -0.775. The maximum Gasteiger partial charge on any atom is 0.391 e. The van der Waals surface area contributed by atoms with Crippen molar-refractivity contribution in [3.05, 3.63) is 4.88 Å². The topological polar surface area (TPSA) is 55.1 Å².